The Hall–Kier alpha value is -1.59. The molecule has 132 valence electrons. The van der Waals surface area contributed by atoms with Gasteiger partial charge in [0.15, 0.2) is 0 Å². The van der Waals surface area contributed by atoms with Crippen LogP contribution in [0.4, 0.5) is 0 Å². The second-order valence-electron chi connectivity index (χ2n) is 7.08. The van der Waals surface area contributed by atoms with Gasteiger partial charge >= 0.3 is 0 Å². The van der Waals surface area contributed by atoms with Crippen LogP contribution in [0.25, 0.3) is 0 Å². The standard InChI is InChI=1S/C19H28N2O3/c1-24-18-5-3-2-4-15(18)13-8-10-21(11-9-13)19(23)14-6-7-17(22)16(20)12-14/h2-5,13-14,16-17,22H,6-12,20H2,1H3/t14-,16+,17+/m0/s1. The maximum atomic E-state index is 12.7. The Morgan fingerprint density at radius 2 is 1.92 bits per heavy atom. The number of nitrogens with zero attached hydrogens (tertiary/aromatic N) is 1. The number of piperidine rings is 1. The number of rotatable bonds is 3. The van der Waals surface area contributed by atoms with Gasteiger partial charge in [-0.25, -0.2) is 0 Å². The van der Waals surface area contributed by atoms with Gasteiger partial charge in [-0.1, -0.05) is 18.2 Å². The molecule has 0 aromatic heterocycles. The van der Waals surface area contributed by atoms with Crippen LogP contribution in [0.1, 0.15) is 43.6 Å². The third kappa shape index (κ3) is 3.57. The van der Waals surface area contributed by atoms with E-state index < -0.39 is 6.10 Å². The molecule has 0 unspecified atom stereocenters. The summed E-state index contributed by atoms with van der Waals surface area (Å²) in [6.45, 7) is 1.58. The molecule has 1 aliphatic heterocycles. The molecule has 0 radical (unpaired) electrons. The lowest BCUT2D eigenvalue weighted by molar-refractivity contribution is -0.138. The molecule has 1 aliphatic carbocycles. The van der Waals surface area contributed by atoms with Crippen molar-refractivity contribution in [1.82, 2.24) is 4.90 Å². The van der Waals surface area contributed by atoms with Crippen LogP contribution >= 0.6 is 0 Å². The zero-order valence-corrected chi connectivity index (χ0v) is 14.4. The van der Waals surface area contributed by atoms with Gasteiger partial charge in [0.05, 0.1) is 13.2 Å². The van der Waals surface area contributed by atoms with Gasteiger partial charge in [-0.2, -0.15) is 0 Å². The predicted octanol–water partition coefficient (Wildman–Crippen LogP) is 1.89. The Morgan fingerprint density at radius 3 is 2.58 bits per heavy atom. The van der Waals surface area contributed by atoms with Crippen molar-refractivity contribution < 1.29 is 14.6 Å². The lowest BCUT2D eigenvalue weighted by Gasteiger charge is -2.37. The van der Waals surface area contributed by atoms with Crippen LogP contribution in [-0.2, 0) is 4.79 Å². The lowest BCUT2D eigenvalue weighted by Crippen LogP contribution is -2.47. The highest BCUT2D eigenvalue weighted by Gasteiger charge is 2.34. The molecule has 2 aliphatic rings. The normalized spacial score (nSPS) is 28.6. The van der Waals surface area contributed by atoms with Crippen LogP contribution in [0.3, 0.4) is 0 Å². The van der Waals surface area contributed by atoms with Gasteiger partial charge in [0, 0.05) is 25.0 Å². The van der Waals surface area contributed by atoms with Crippen molar-refractivity contribution in [2.75, 3.05) is 20.2 Å². The fourth-order valence-corrected chi connectivity index (χ4v) is 4.09. The van der Waals surface area contributed by atoms with E-state index in [4.69, 9.17) is 10.5 Å². The zero-order valence-electron chi connectivity index (χ0n) is 14.4. The molecule has 1 saturated heterocycles. The van der Waals surface area contributed by atoms with Crippen LogP contribution in [0.5, 0.6) is 5.75 Å². The van der Waals surface area contributed by atoms with Crippen LogP contribution in [-0.4, -0.2) is 48.3 Å². The van der Waals surface area contributed by atoms with Crippen molar-refractivity contribution in [3.05, 3.63) is 29.8 Å². The van der Waals surface area contributed by atoms with E-state index in [1.807, 2.05) is 23.1 Å². The van der Waals surface area contributed by atoms with Crippen molar-refractivity contribution in [2.24, 2.45) is 11.7 Å². The number of nitrogens with two attached hydrogens (primary N) is 1. The maximum Gasteiger partial charge on any atom is 0.225 e. The van der Waals surface area contributed by atoms with Crippen molar-refractivity contribution in [2.45, 2.75) is 50.2 Å². The number of methoxy groups -OCH3 is 1. The summed E-state index contributed by atoms with van der Waals surface area (Å²) in [5.74, 6) is 1.58. The first kappa shape index (κ1) is 17.2. The van der Waals surface area contributed by atoms with Gasteiger partial charge in [-0.3, -0.25) is 4.79 Å². The number of benzene rings is 1. The van der Waals surface area contributed by atoms with Gasteiger partial charge < -0.3 is 20.5 Å². The first-order chi connectivity index (χ1) is 11.6. The van der Waals surface area contributed by atoms with Crippen LogP contribution in [0.2, 0.25) is 0 Å². The third-order valence-electron chi connectivity index (χ3n) is 5.60. The topological polar surface area (TPSA) is 75.8 Å². The molecule has 5 heteroatoms. The monoisotopic (exact) mass is 332 g/mol. The molecule has 1 amide bonds. The summed E-state index contributed by atoms with van der Waals surface area (Å²) in [6, 6.07) is 7.90. The Morgan fingerprint density at radius 1 is 1.21 bits per heavy atom. The van der Waals surface area contributed by atoms with Gasteiger partial charge in [0.1, 0.15) is 5.75 Å². The molecule has 1 saturated carbocycles. The number of aliphatic hydroxyl groups is 1. The van der Waals surface area contributed by atoms with Crippen molar-refractivity contribution in [3.8, 4) is 5.75 Å². The van der Waals surface area contributed by atoms with E-state index in [1.165, 1.54) is 5.56 Å². The SMILES string of the molecule is COc1ccccc1C1CCN(C(=O)[C@H]2CC[C@@H](O)[C@H](N)C2)CC1. The molecule has 1 aromatic rings. The molecule has 3 atom stereocenters. The summed E-state index contributed by atoms with van der Waals surface area (Å²) in [4.78, 5) is 14.7. The second kappa shape index (κ2) is 7.53. The molecule has 1 heterocycles. The van der Waals surface area contributed by atoms with Gasteiger partial charge in [0.25, 0.3) is 0 Å². The van der Waals surface area contributed by atoms with E-state index in [-0.39, 0.29) is 17.9 Å². The molecule has 2 fully saturated rings. The van der Waals surface area contributed by atoms with Gasteiger partial charge in [0.2, 0.25) is 5.91 Å². The van der Waals surface area contributed by atoms with Crippen LogP contribution in [0, 0.1) is 5.92 Å². The number of likely N-dealkylation sites (tertiary alicyclic amines) is 1. The van der Waals surface area contributed by atoms with Gasteiger partial charge in [-0.15, -0.1) is 0 Å². The van der Waals surface area contributed by atoms with E-state index in [0.717, 1.165) is 38.1 Å². The third-order valence-corrected chi connectivity index (χ3v) is 5.60. The first-order valence-corrected chi connectivity index (χ1v) is 8.95. The number of hydrogen-bond donors (Lipinski definition) is 2. The minimum Gasteiger partial charge on any atom is -0.496 e. The highest BCUT2D eigenvalue weighted by Crippen LogP contribution is 2.35. The number of ether oxygens (including phenoxy) is 1. The van der Waals surface area contributed by atoms with Crippen molar-refractivity contribution in [3.63, 3.8) is 0 Å². The number of para-hydroxylation sites is 1. The van der Waals surface area contributed by atoms with E-state index >= 15 is 0 Å². The minimum absolute atomic E-state index is 0.0220. The average Bonchev–Trinajstić information content (AvgIpc) is 2.63. The predicted molar refractivity (Wildman–Crippen MR) is 92.9 cm³/mol. The van der Waals surface area contributed by atoms with Crippen LogP contribution < -0.4 is 10.5 Å². The molecule has 1 aromatic carbocycles. The quantitative estimate of drug-likeness (QED) is 0.886. The van der Waals surface area contributed by atoms with Crippen molar-refractivity contribution >= 4 is 5.91 Å². The van der Waals surface area contributed by atoms with Gasteiger partial charge in [-0.05, 0) is 49.7 Å². The smallest absolute Gasteiger partial charge is 0.225 e. The van der Waals surface area contributed by atoms with Crippen LogP contribution in [0.15, 0.2) is 24.3 Å². The number of carbonyl (C=O) groups is 1. The summed E-state index contributed by atoms with van der Waals surface area (Å²) in [5, 5.41) is 9.74. The van der Waals surface area contributed by atoms with E-state index in [2.05, 4.69) is 6.07 Å². The second-order valence-corrected chi connectivity index (χ2v) is 7.08. The molecule has 5 nitrogen and oxygen atoms in total. The van der Waals surface area contributed by atoms with E-state index in [9.17, 15) is 9.90 Å². The maximum absolute atomic E-state index is 12.7. The lowest BCUT2D eigenvalue weighted by atomic mass is 9.82. The van der Waals surface area contributed by atoms with E-state index in [0.29, 0.717) is 18.8 Å². The number of aliphatic hydroxyl groups excluding tert-OH is 1. The Kier molecular flexibility index (Phi) is 5.41. The fraction of sp³-hybridized carbons (Fsp3) is 0.632. The highest BCUT2D eigenvalue weighted by atomic mass is 16.5. The Labute approximate surface area is 143 Å². The number of hydrogen-bond acceptors (Lipinski definition) is 4. The molecule has 3 rings (SSSR count). The molecular formula is C19H28N2O3. The molecule has 24 heavy (non-hydrogen) atoms. The molecule has 3 N–H and O–H groups in total. The molecular weight excluding hydrogens is 304 g/mol. The molecule has 0 spiro atoms. The van der Waals surface area contributed by atoms with Crippen molar-refractivity contribution in [1.29, 1.82) is 0 Å². The highest BCUT2D eigenvalue weighted by molar-refractivity contribution is 5.79. The minimum atomic E-state index is -0.453. The van der Waals surface area contributed by atoms with E-state index in [1.54, 1.807) is 7.11 Å². The Bertz CT molecular complexity index is 569. The summed E-state index contributed by atoms with van der Waals surface area (Å²) in [6.07, 6.45) is 3.47. The Balaban J connectivity index is 1.58. The zero-order chi connectivity index (χ0) is 17.1. The summed E-state index contributed by atoms with van der Waals surface area (Å²) in [7, 11) is 1.71. The number of amides is 1. The summed E-state index contributed by atoms with van der Waals surface area (Å²) < 4.78 is 5.47. The summed E-state index contributed by atoms with van der Waals surface area (Å²) >= 11 is 0. The average molecular weight is 332 g/mol. The fourth-order valence-electron chi connectivity index (χ4n) is 4.09. The first-order valence-electron chi connectivity index (χ1n) is 8.95. The summed E-state index contributed by atoms with van der Waals surface area (Å²) in [5.41, 5.74) is 7.18. The number of carbonyl (C=O) groups excluding carboxylic acids is 1. The largest absolute Gasteiger partial charge is 0.496 e. The molecule has 0 bridgehead atoms.